The number of nitrogens with zero attached hydrogens (tertiary/aromatic N) is 2. The van der Waals surface area contributed by atoms with Crippen LogP contribution < -0.4 is 5.43 Å². The molecule has 2 rings (SSSR count). The van der Waals surface area contributed by atoms with Gasteiger partial charge >= 0.3 is 0 Å². The number of nitrogens with one attached hydrogen (secondary N) is 1. The highest BCUT2D eigenvalue weighted by Crippen LogP contribution is 2.05. The maximum absolute atomic E-state index is 11.1. The Morgan fingerprint density at radius 1 is 1.64 bits per heavy atom. The quantitative estimate of drug-likeness (QED) is 0.704. The summed E-state index contributed by atoms with van der Waals surface area (Å²) in [5.41, 5.74) is 0.314. The fourth-order valence-electron chi connectivity index (χ4n) is 0.892. The second-order valence-corrected chi connectivity index (χ2v) is 2.90. The molecule has 4 nitrogen and oxygen atoms in total. The van der Waals surface area contributed by atoms with Crippen LogP contribution in [0.25, 0.3) is 5.65 Å². The molecule has 0 aromatic carbocycles. The predicted octanol–water partition coefficient (Wildman–Crippen LogP) is 0.785. The number of aromatic amines is 1. The molecule has 2 aromatic heterocycles. The molecule has 11 heavy (non-hydrogen) atoms. The van der Waals surface area contributed by atoms with Crippen molar-refractivity contribution in [2.24, 2.45) is 0 Å². The first-order valence-corrected chi connectivity index (χ1v) is 3.79. The Morgan fingerprint density at radius 2 is 2.45 bits per heavy atom. The van der Waals surface area contributed by atoms with Gasteiger partial charge in [0.15, 0.2) is 0 Å². The summed E-state index contributed by atoms with van der Waals surface area (Å²) >= 11 is 3.17. The van der Waals surface area contributed by atoms with Crippen molar-refractivity contribution < 1.29 is 0 Å². The summed E-state index contributed by atoms with van der Waals surface area (Å²) in [6.45, 7) is 0. The molecular weight excluding hydrogens is 210 g/mol. The summed E-state index contributed by atoms with van der Waals surface area (Å²) in [6, 6.07) is 1.44. The molecule has 0 aliphatic heterocycles. The molecule has 56 valence electrons. The maximum Gasteiger partial charge on any atom is 0.224 e. The first-order valence-electron chi connectivity index (χ1n) is 3.00. The largest absolute Gasteiger partial charge is 0.300 e. The summed E-state index contributed by atoms with van der Waals surface area (Å²) in [5.74, 6) is 0. The van der Waals surface area contributed by atoms with Crippen molar-refractivity contribution >= 4 is 21.6 Å². The van der Waals surface area contributed by atoms with Crippen LogP contribution in [-0.2, 0) is 0 Å². The maximum atomic E-state index is 11.1. The monoisotopic (exact) mass is 213 g/mol. The summed E-state index contributed by atoms with van der Waals surface area (Å²) in [7, 11) is 0. The minimum absolute atomic E-state index is 0.0885. The van der Waals surface area contributed by atoms with Gasteiger partial charge in [0, 0.05) is 12.3 Å². The van der Waals surface area contributed by atoms with Crippen LogP contribution in [0.15, 0.2) is 27.9 Å². The number of fused-ring (bicyclic) bond motifs is 1. The highest BCUT2D eigenvalue weighted by molar-refractivity contribution is 9.10. The van der Waals surface area contributed by atoms with E-state index in [1.54, 1.807) is 16.9 Å². The molecular formula is C6H4BrN3O. The highest BCUT2D eigenvalue weighted by Gasteiger charge is 1.99. The summed E-state index contributed by atoms with van der Waals surface area (Å²) in [4.78, 5) is 15.0. The predicted molar refractivity (Wildman–Crippen MR) is 43.5 cm³/mol. The Labute approximate surface area is 70.0 Å². The lowest BCUT2D eigenvalue weighted by atomic mass is 10.5. The Hall–Kier alpha value is -1.10. The van der Waals surface area contributed by atoms with Crippen molar-refractivity contribution in [3.05, 3.63) is 33.3 Å². The Balaban J connectivity index is 3.02. The summed E-state index contributed by atoms with van der Waals surface area (Å²) < 4.78 is 2.21. The Kier molecular flexibility index (Phi) is 1.32. The number of H-pyrrole nitrogens is 1. The van der Waals surface area contributed by atoms with Gasteiger partial charge in [-0.15, -0.1) is 0 Å². The van der Waals surface area contributed by atoms with Crippen LogP contribution in [-0.4, -0.2) is 14.6 Å². The van der Waals surface area contributed by atoms with Crippen LogP contribution in [0.3, 0.4) is 0 Å². The molecule has 5 heteroatoms. The van der Waals surface area contributed by atoms with Crippen LogP contribution in [0, 0.1) is 0 Å². The van der Waals surface area contributed by atoms with Crippen LogP contribution in [0.2, 0.25) is 0 Å². The molecule has 0 spiro atoms. The van der Waals surface area contributed by atoms with Crippen LogP contribution in [0.4, 0.5) is 0 Å². The lowest BCUT2D eigenvalue weighted by Crippen LogP contribution is -2.04. The van der Waals surface area contributed by atoms with Gasteiger partial charge in [-0.3, -0.25) is 9.89 Å². The van der Waals surface area contributed by atoms with E-state index in [0.717, 1.165) is 0 Å². The number of hydrogen-bond donors (Lipinski definition) is 1. The standard InChI is InChI=1S/C6H4BrN3O/c7-5-3-10-6(9-5)4(11)1-2-8-10/h1-3,8H. The van der Waals surface area contributed by atoms with Gasteiger partial charge in [-0.1, -0.05) is 0 Å². The second-order valence-electron chi connectivity index (χ2n) is 2.08. The highest BCUT2D eigenvalue weighted by atomic mass is 79.9. The van der Waals surface area contributed by atoms with Crippen molar-refractivity contribution in [3.8, 4) is 0 Å². The van der Waals surface area contributed by atoms with Gasteiger partial charge in [-0.25, -0.2) is 9.50 Å². The molecule has 0 saturated carbocycles. The number of aromatic nitrogens is 3. The molecule has 0 aliphatic carbocycles. The number of hydrogen-bond acceptors (Lipinski definition) is 2. The molecule has 0 bridgehead atoms. The third kappa shape index (κ3) is 0.970. The average molecular weight is 214 g/mol. The van der Waals surface area contributed by atoms with Crippen LogP contribution in [0.5, 0.6) is 0 Å². The zero-order valence-corrected chi connectivity index (χ0v) is 7.00. The number of halogens is 1. The third-order valence-corrected chi connectivity index (χ3v) is 1.73. The lowest BCUT2D eigenvalue weighted by molar-refractivity contribution is 0.928. The Morgan fingerprint density at radius 3 is 3.18 bits per heavy atom. The van der Waals surface area contributed by atoms with Gasteiger partial charge in [0.1, 0.15) is 4.60 Å². The first-order chi connectivity index (χ1) is 5.27. The zero-order chi connectivity index (χ0) is 7.84. The SMILES string of the molecule is O=c1cc[nH]n2cc(Br)nc12. The fourth-order valence-corrected chi connectivity index (χ4v) is 1.26. The minimum Gasteiger partial charge on any atom is -0.300 e. The molecule has 0 fully saturated rings. The first kappa shape index (κ1) is 6.60. The van der Waals surface area contributed by atoms with Crippen molar-refractivity contribution in [3.63, 3.8) is 0 Å². The van der Waals surface area contributed by atoms with Crippen molar-refractivity contribution in [1.29, 1.82) is 0 Å². The van der Waals surface area contributed by atoms with E-state index >= 15 is 0 Å². The summed E-state index contributed by atoms with van der Waals surface area (Å²) in [6.07, 6.45) is 3.26. The van der Waals surface area contributed by atoms with E-state index in [1.807, 2.05) is 0 Å². The van der Waals surface area contributed by atoms with E-state index in [2.05, 4.69) is 26.0 Å². The van der Waals surface area contributed by atoms with Crippen molar-refractivity contribution in [2.45, 2.75) is 0 Å². The molecule has 0 unspecified atom stereocenters. The van der Waals surface area contributed by atoms with E-state index in [-0.39, 0.29) is 5.43 Å². The van der Waals surface area contributed by atoms with E-state index in [1.165, 1.54) is 6.07 Å². The van der Waals surface area contributed by atoms with E-state index in [0.29, 0.717) is 10.3 Å². The van der Waals surface area contributed by atoms with Crippen molar-refractivity contribution in [2.75, 3.05) is 0 Å². The van der Waals surface area contributed by atoms with Crippen molar-refractivity contribution in [1.82, 2.24) is 14.6 Å². The molecule has 0 amide bonds. The average Bonchev–Trinajstić information content (AvgIpc) is 2.31. The molecule has 0 radical (unpaired) electrons. The molecule has 0 saturated heterocycles. The van der Waals surface area contributed by atoms with Gasteiger partial charge < -0.3 is 0 Å². The van der Waals surface area contributed by atoms with Gasteiger partial charge in [0.25, 0.3) is 0 Å². The smallest absolute Gasteiger partial charge is 0.224 e. The fraction of sp³-hybridized carbons (Fsp3) is 0. The zero-order valence-electron chi connectivity index (χ0n) is 5.41. The van der Waals surface area contributed by atoms with E-state index < -0.39 is 0 Å². The topological polar surface area (TPSA) is 50.2 Å². The third-order valence-electron chi connectivity index (χ3n) is 1.35. The lowest BCUT2D eigenvalue weighted by Gasteiger charge is -1.87. The van der Waals surface area contributed by atoms with Gasteiger partial charge in [0.2, 0.25) is 11.1 Å². The number of imidazole rings is 1. The molecule has 0 atom stereocenters. The van der Waals surface area contributed by atoms with Crippen LogP contribution in [0.1, 0.15) is 0 Å². The normalized spacial score (nSPS) is 10.6. The molecule has 2 aromatic rings. The minimum atomic E-state index is -0.0885. The second kappa shape index (κ2) is 2.20. The van der Waals surface area contributed by atoms with E-state index in [9.17, 15) is 4.79 Å². The summed E-state index contributed by atoms with van der Waals surface area (Å²) in [5, 5.41) is 2.84. The van der Waals surface area contributed by atoms with Crippen LogP contribution >= 0.6 is 15.9 Å². The molecule has 2 heterocycles. The molecule has 0 aliphatic rings. The van der Waals surface area contributed by atoms with Gasteiger partial charge in [0.05, 0.1) is 6.20 Å². The Bertz CT molecular complexity index is 444. The van der Waals surface area contributed by atoms with Gasteiger partial charge in [-0.2, -0.15) is 0 Å². The van der Waals surface area contributed by atoms with Gasteiger partial charge in [-0.05, 0) is 15.9 Å². The molecule has 1 N–H and O–H groups in total. The van der Waals surface area contributed by atoms with E-state index in [4.69, 9.17) is 0 Å². The number of rotatable bonds is 0.